The van der Waals surface area contributed by atoms with Crippen LogP contribution in [0.2, 0.25) is 0 Å². The number of hydrogen-bond acceptors (Lipinski definition) is 2. The fraction of sp³-hybridized carbons (Fsp3) is 0.889. The zero-order valence-corrected chi connectivity index (χ0v) is 10.2. The lowest BCUT2D eigenvalue weighted by atomic mass is 10.2. The van der Waals surface area contributed by atoms with E-state index in [9.17, 15) is 35.5 Å². The van der Waals surface area contributed by atoms with Crippen molar-refractivity contribution in [3.05, 3.63) is 0 Å². The van der Waals surface area contributed by atoms with Crippen molar-refractivity contribution in [2.75, 3.05) is 33.2 Å². The summed E-state index contributed by atoms with van der Waals surface area (Å²) in [6.45, 7) is -0.0360. The fourth-order valence-corrected chi connectivity index (χ4v) is 1.62. The van der Waals surface area contributed by atoms with Gasteiger partial charge in [0.25, 0.3) is 0 Å². The Morgan fingerprint density at radius 3 is 1.90 bits per heavy atom. The molecule has 0 aromatic heterocycles. The van der Waals surface area contributed by atoms with Crippen LogP contribution in [0.1, 0.15) is 0 Å². The Labute approximate surface area is 109 Å². The number of quaternary nitrogens is 1. The molecule has 1 aliphatic heterocycles. The highest BCUT2D eigenvalue weighted by molar-refractivity contribution is 5.84. The monoisotopic (exact) mass is 313 g/mol. The zero-order valence-electron chi connectivity index (χ0n) is 10.2. The van der Waals surface area contributed by atoms with Crippen LogP contribution in [-0.4, -0.2) is 62.4 Å². The van der Waals surface area contributed by atoms with Crippen molar-refractivity contribution < 1.29 is 45.2 Å². The minimum absolute atomic E-state index is 0.230. The van der Waals surface area contributed by atoms with E-state index in [0.717, 1.165) is 4.90 Å². The number of ether oxygens (including phenoxy) is 1. The standard InChI is InChI=1S/C9H11F7N2O2/c1-17-2-4-18(5-3-17)6(19)7(10,11)8(12,13)20-9(14,15)16/h2-5H2,1H3/p+1. The number of nitrogens with one attached hydrogen (secondary N) is 1. The maximum atomic E-state index is 13.2. The molecule has 0 atom stereocenters. The van der Waals surface area contributed by atoms with Crippen molar-refractivity contribution in [1.82, 2.24) is 4.90 Å². The van der Waals surface area contributed by atoms with Gasteiger partial charge in [-0.15, -0.1) is 13.2 Å². The number of piperazine rings is 1. The molecule has 20 heavy (non-hydrogen) atoms. The Morgan fingerprint density at radius 2 is 1.50 bits per heavy atom. The van der Waals surface area contributed by atoms with Gasteiger partial charge in [-0.1, -0.05) is 0 Å². The van der Waals surface area contributed by atoms with Gasteiger partial charge in [-0.3, -0.25) is 4.79 Å². The maximum absolute atomic E-state index is 13.2. The number of amides is 1. The first kappa shape index (κ1) is 17.0. The van der Waals surface area contributed by atoms with Crippen LogP contribution in [0, 0.1) is 0 Å². The Balaban J connectivity index is 2.83. The van der Waals surface area contributed by atoms with E-state index >= 15 is 0 Å². The third-order valence-electron chi connectivity index (χ3n) is 2.78. The summed E-state index contributed by atoms with van der Waals surface area (Å²) in [5, 5.41) is 0. The van der Waals surface area contributed by atoms with Crippen LogP contribution in [0.4, 0.5) is 30.7 Å². The minimum atomic E-state index is -5.99. The number of carbonyl (C=O) groups excluding carboxylic acids is 1. The lowest BCUT2D eigenvalue weighted by Crippen LogP contribution is -3.12. The lowest BCUT2D eigenvalue weighted by Gasteiger charge is -2.34. The second kappa shape index (κ2) is 5.35. The lowest BCUT2D eigenvalue weighted by molar-refractivity contribution is -0.883. The van der Waals surface area contributed by atoms with E-state index in [1.165, 1.54) is 0 Å². The first-order valence-corrected chi connectivity index (χ1v) is 5.50. The van der Waals surface area contributed by atoms with Gasteiger partial charge in [-0.2, -0.15) is 17.6 Å². The molecule has 0 unspecified atom stereocenters. The second-order valence-electron chi connectivity index (χ2n) is 4.39. The molecule has 1 saturated heterocycles. The Hall–Kier alpha value is -1.10. The van der Waals surface area contributed by atoms with Gasteiger partial charge in [-0.25, -0.2) is 4.74 Å². The molecule has 1 rings (SSSR count). The summed E-state index contributed by atoms with van der Waals surface area (Å²) < 4.78 is 89.2. The quantitative estimate of drug-likeness (QED) is 0.751. The van der Waals surface area contributed by atoms with E-state index in [0.29, 0.717) is 4.90 Å². The third-order valence-corrected chi connectivity index (χ3v) is 2.78. The van der Waals surface area contributed by atoms with Gasteiger partial charge in [0.15, 0.2) is 0 Å². The van der Waals surface area contributed by atoms with Gasteiger partial charge >= 0.3 is 24.3 Å². The van der Waals surface area contributed by atoms with Crippen LogP contribution < -0.4 is 4.90 Å². The molecule has 1 N–H and O–H groups in total. The number of hydrogen-bond donors (Lipinski definition) is 1. The fourth-order valence-electron chi connectivity index (χ4n) is 1.62. The van der Waals surface area contributed by atoms with E-state index in [1.54, 1.807) is 7.05 Å². The molecule has 118 valence electrons. The molecule has 11 heteroatoms. The predicted molar refractivity (Wildman–Crippen MR) is 50.2 cm³/mol. The molecule has 0 aromatic carbocycles. The zero-order chi connectivity index (χ0) is 15.8. The number of likely N-dealkylation sites (N-methyl/N-ethyl adjacent to an activating group) is 1. The van der Waals surface area contributed by atoms with E-state index in [1.807, 2.05) is 0 Å². The number of halogens is 7. The first-order valence-electron chi connectivity index (χ1n) is 5.50. The summed E-state index contributed by atoms with van der Waals surface area (Å²) in [6.07, 6.45) is -11.9. The van der Waals surface area contributed by atoms with Gasteiger partial charge in [0, 0.05) is 0 Å². The number of nitrogens with zero attached hydrogens (tertiary/aromatic N) is 1. The van der Waals surface area contributed by atoms with Crippen LogP contribution in [0.25, 0.3) is 0 Å². The summed E-state index contributed by atoms with van der Waals surface area (Å²) in [6, 6.07) is 0. The van der Waals surface area contributed by atoms with E-state index in [4.69, 9.17) is 0 Å². The second-order valence-corrected chi connectivity index (χ2v) is 4.39. The summed E-state index contributed by atoms with van der Waals surface area (Å²) in [4.78, 5) is 12.6. The highest BCUT2D eigenvalue weighted by Crippen LogP contribution is 2.40. The minimum Gasteiger partial charge on any atom is -0.334 e. The molecule has 0 spiro atoms. The maximum Gasteiger partial charge on any atom is 0.527 e. The highest BCUT2D eigenvalue weighted by atomic mass is 19.4. The molecule has 1 aliphatic rings. The third kappa shape index (κ3) is 3.72. The molecular formula is C9H12F7N2O2+. The SMILES string of the molecule is C[NH+]1CCN(C(=O)C(F)(F)C(F)(F)OC(F)(F)F)CC1. The van der Waals surface area contributed by atoms with E-state index in [2.05, 4.69) is 4.74 Å². The number of rotatable bonds is 3. The van der Waals surface area contributed by atoms with Gasteiger partial charge in [0.05, 0.1) is 33.2 Å². The first-order chi connectivity index (χ1) is 8.87. The van der Waals surface area contributed by atoms with Gasteiger partial charge in [-0.05, 0) is 0 Å². The van der Waals surface area contributed by atoms with Crippen LogP contribution in [0.5, 0.6) is 0 Å². The predicted octanol–water partition coefficient (Wildman–Crippen LogP) is 0.108. The van der Waals surface area contributed by atoms with E-state index < -0.39 is 24.3 Å². The summed E-state index contributed by atoms with van der Waals surface area (Å²) >= 11 is 0. The normalized spacial score (nSPS) is 19.3. The van der Waals surface area contributed by atoms with Crippen molar-refractivity contribution >= 4 is 5.91 Å². The largest absolute Gasteiger partial charge is 0.527 e. The van der Waals surface area contributed by atoms with Crippen LogP contribution >= 0.6 is 0 Å². The number of carbonyl (C=O) groups is 1. The van der Waals surface area contributed by atoms with Crippen molar-refractivity contribution in [2.45, 2.75) is 18.4 Å². The van der Waals surface area contributed by atoms with Gasteiger partial charge in [0.2, 0.25) is 0 Å². The molecular weight excluding hydrogens is 301 g/mol. The Bertz CT molecular complexity index is 364. The van der Waals surface area contributed by atoms with Crippen molar-refractivity contribution in [1.29, 1.82) is 0 Å². The topological polar surface area (TPSA) is 34.0 Å². The molecule has 0 aliphatic carbocycles. The number of alkyl halides is 7. The molecule has 1 amide bonds. The Morgan fingerprint density at radius 1 is 1.05 bits per heavy atom. The van der Waals surface area contributed by atoms with Crippen molar-refractivity contribution in [2.24, 2.45) is 0 Å². The summed E-state index contributed by atoms with van der Waals surface area (Å²) in [5.41, 5.74) is 0. The highest BCUT2D eigenvalue weighted by Gasteiger charge is 2.68. The molecule has 0 radical (unpaired) electrons. The van der Waals surface area contributed by atoms with Gasteiger partial charge < -0.3 is 9.80 Å². The van der Waals surface area contributed by atoms with Crippen LogP contribution in [0.15, 0.2) is 0 Å². The molecule has 0 bridgehead atoms. The molecule has 1 fully saturated rings. The van der Waals surface area contributed by atoms with Gasteiger partial charge in [0.1, 0.15) is 0 Å². The Kier molecular flexibility index (Phi) is 4.54. The molecule has 4 nitrogen and oxygen atoms in total. The van der Waals surface area contributed by atoms with Crippen LogP contribution in [-0.2, 0) is 9.53 Å². The van der Waals surface area contributed by atoms with Crippen molar-refractivity contribution in [3.8, 4) is 0 Å². The summed E-state index contributed by atoms with van der Waals surface area (Å²) in [5.74, 6) is -7.97. The smallest absolute Gasteiger partial charge is 0.334 e. The van der Waals surface area contributed by atoms with Crippen LogP contribution in [0.3, 0.4) is 0 Å². The summed E-state index contributed by atoms with van der Waals surface area (Å²) in [7, 11) is 1.70. The van der Waals surface area contributed by atoms with E-state index in [-0.39, 0.29) is 26.2 Å². The molecule has 0 saturated carbocycles. The molecule has 1 heterocycles. The van der Waals surface area contributed by atoms with Crippen molar-refractivity contribution in [3.63, 3.8) is 0 Å². The average Bonchev–Trinajstić information content (AvgIpc) is 2.25. The average molecular weight is 313 g/mol. The molecule has 0 aromatic rings.